The normalized spacial score (nSPS) is 15.5. The standard InChI is InChI=1S/C14H15F3N6/c15-14(16,17)11-2-1-10(9-21-11)22-12-13(20-4-3-19-12)23-7-5-18-6-8-23/h1-4,9,18H,5-8H2,(H,19,22). The molecule has 1 fully saturated rings. The maximum Gasteiger partial charge on any atom is 0.433 e. The minimum absolute atomic E-state index is 0.426. The third-order valence-corrected chi connectivity index (χ3v) is 3.41. The zero-order chi connectivity index (χ0) is 16.3. The lowest BCUT2D eigenvalue weighted by Gasteiger charge is -2.29. The van der Waals surface area contributed by atoms with Crippen LogP contribution in [-0.2, 0) is 6.18 Å². The second-order valence-electron chi connectivity index (χ2n) is 5.02. The van der Waals surface area contributed by atoms with E-state index in [9.17, 15) is 13.2 Å². The number of halogens is 3. The number of nitrogens with one attached hydrogen (secondary N) is 2. The Morgan fingerprint density at radius 1 is 1.04 bits per heavy atom. The van der Waals surface area contributed by atoms with Gasteiger partial charge in [-0.25, -0.2) is 15.0 Å². The van der Waals surface area contributed by atoms with Crippen LogP contribution in [0.15, 0.2) is 30.7 Å². The van der Waals surface area contributed by atoms with Gasteiger partial charge in [-0.1, -0.05) is 0 Å². The number of hydrogen-bond acceptors (Lipinski definition) is 6. The molecule has 1 aliphatic heterocycles. The Balaban J connectivity index is 1.80. The van der Waals surface area contributed by atoms with Crippen molar-refractivity contribution in [3.63, 3.8) is 0 Å². The number of piperazine rings is 1. The van der Waals surface area contributed by atoms with Crippen LogP contribution in [0.25, 0.3) is 0 Å². The molecule has 0 aromatic carbocycles. The molecule has 6 nitrogen and oxygen atoms in total. The zero-order valence-electron chi connectivity index (χ0n) is 12.1. The summed E-state index contributed by atoms with van der Waals surface area (Å²) in [6.07, 6.45) is -0.185. The second kappa shape index (κ2) is 6.37. The van der Waals surface area contributed by atoms with Crippen LogP contribution in [0.4, 0.5) is 30.5 Å². The van der Waals surface area contributed by atoms with Gasteiger partial charge in [0.25, 0.3) is 0 Å². The molecular formula is C14H15F3N6. The van der Waals surface area contributed by atoms with E-state index in [2.05, 4.69) is 30.5 Å². The van der Waals surface area contributed by atoms with Crippen LogP contribution in [0.5, 0.6) is 0 Å². The monoisotopic (exact) mass is 324 g/mol. The Morgan fingerprint density at radius 2 is 1.78 bits per heavy atom. The molecule has 1 saturated heterocycles. The summed E-state index contributed by atoms with van der Waals surface area (Å²) in [7, 11) is 0. The van der Waals surface area contributed by atoms with Gasteiger partial charge in [0.2, 0.25) is 0 Å². The van der Waals surface area contributed by atoms with Crippen molar-refractivity contribution in [1.29, 1.82) is 0 Å². The largest absolute Gasteiger partial charge is 0.433 e. The molecule has 0 saturated carbocycles. The lowest BCUT2D eigenvalue weighted by molar-refractivity contribution is -0.141. The second-order valence-corrected chi connectivity index (χ2v) is 5.02. The molecule has 2 aromatic rings. The third-order valence-electron chi connectivity index (χ3n) is 3.41. The van der Waals surface area contributed by atoms with Crippen molar-refractivity contribution in [1.82, 2.24) is 20.3 Å². The van der Waals surface area contributed by atoms with Crippen molar-refractivity contribution in [2.24, 2.45) is 0 Å². The summed E-state index contributed by atoms with van der Waals surface area (Å²) in [4.78, 5) is 14.1. The molecule has 9 heteroatoms. The van der Waals surface area contributed by atoms with E-state index in [1.165, 1.54) is 12.3 Å². The van der Waals surface area contributed by atoms with Crippen LogP contribution in [-0.4, -0.2) is 41.1 Å². The SMILES string of the molecule is FC(F)(F)c1ccc(Nc2nccnc2N2CCNCC2)cn1. The number of pyridine rings is 1. The molecule has 3 rings (SSSR count). The molecule has 0 radical (unpaired) electrons. The molecule has 3 heterocycles. The van der Waals surface area contributed by atoms with Crippen LogP contribution >= 0.6 is 0 Å². The Morgan fingerprint density at radius 3 is 2.43 bits per heavy atom. The highest BCUT2D eigenvalue weighted by atomic mass is 19.4. The highest BCUT2D eigenvalue weighted by Gasteiger charge is 2.32. The third kappa shape index (κ3) is 3.67. The van der Waals surface area contributed by atoms with E-state index >= 15 is 0 Å². The van der Waals surface area contributed by atoms with Crippen molar-refractivity contribution in [2.75, 3.05) is 36.4 Å². The first-order valence-corrected chi connectivity index (χ1v) is 7.11. The van der Waals surface area contributed by atoms with Gasteiger partial charge in [-0.05, 0) is 12.1 Å². The molecule has 0 unspecified atom stereocenters. The zero-order valence-corrected chi connectivity index (χ0v) is 12.1. The topological polar surface area (TPSA) is 66.0 Å². The molecule has 1 aliphatic rings. The average Bonchev–Trinajstić information content (AvgIpc) is 2.56. The van der Waals surface area contributed by atoms with Crippen LogP contribution in [0, 0.1) is 0 Å². The highest BCUT2D eigenvalue weighted by molar-refractivity contribution is 5.67. The summed E-state index contributed by atoms with van der Waals surface area (Å²) in [6.45, 7) is 3.27. The Bertz CT molecular complexity index is 652. The summed E-state index contributed by atoms with van der Waals surface area (Å²) in [5.74, 6) is 1.17. The van der Waals surface area contributed by atoms with Gasteiger partial charge in [0.1, 0.15) is 5.69 Å². The smallest absolute Gasteiger partial charge is 0.351 e. The number of hydrogen-bond donors (Lipinski definition) is 2. The number of aromatic nitrogens is 3. The molecule has 23 heavy (non-hydrogen) atoms. The molecule has 0 atom stereocenters. The first kappa shape index (κ1) is 15.5. The Hall–Kier alpha value is -2.42. The van der Waals surface area contributed by atoms with Crippen LogP contribution < -0.4 is 15.5 Å². The van der Waals surface area contributed by atoms with E-state index in [0.717, 1.165) is 38.4 Å². The lowest BCUT2D eigenvalue weighted by Crippen LogP contribution is -2.44. The lowest BCUT2D eigenvalue weighted by atomic mass is 10.3. The van der Waals surface area contributed by atoms with Crippen molar-refractivity contribution in [2.45, 2.75) is 6.18 Å². The summed E-state index contributed by atoms with van der Waals surface area (Å²) >= 11 is 0. The van der Waals surface area contributed by atoms with Gasteiger partial charge in [0, 0.05) is 38.6 Å². The van der Waals surface area contributed by atoms with Gasteiger partial charge in [0.15, 0.2) is 11.6 Å². The predicted octanol–water partition coefficient (Wildman–Crippen LogP) is 2.04. The molecule has 2 aromatic heterocycles. The molecule has 0 bridgehead atoms. The summed E-state index contributed by atoms with van der Waals surface area (Å²) in [6, 6.07) is 2.26. The number of anilines is 3. The van der Waals surface area contributed by atoms with Crippen molar-refractivity contribution < 1.29 is 13.2 Å². The van der Waals surface area contributed by atoms with E-state index in [-0.39, 0.29) is 0 Å². The van der Waals surface area contributed by atoms with Gasteiger partial charge in [-0.2, -0.15) is 13.2 Å². The maximum absolute atomic E-state index is 12.5. The van der Waals surface area contributed by atoms with Crippen molar-refractivity contribution in [3.8, 4) is 0 Å². The van der Waals surface area contributed by atoms with Crippen LogP contribution in [0.2, 0.25) is 0 Å². The summed E-state index contributed by atoms with van der Waals surface area (Å²) in [5, 5.41) is 6.23. The maximum atomic E-state index is 12.5. The van der Waals surface area contributed by atoms with E-state index in [1.807, 2.05) is 0 Å². The quantitative estimate of drug-likeness (QED) is 0.901. The minimum atomic E-state index is -4.45. The molecule has 0 aliphatic carbocycles. The average molecular weight is 324 g/mol. The molecule has 2 N–H and O–H groups in total. The fourth-order valence-electron chi connectivity index (χ4n) is 2.30. The fourth-order valence-corrected chi connectivity index (χ4v) is 2.30. The van der Waals surface area contributed by atoms with Crippen LogP contribution in [0.1, 0.15) is 5.69 Å². The molecule has 122 valence electrons. The fraction of sp³-hybridized carbons (Fsp3) is 0.357. The van der Waals surface area contributed by atoms with E-state index in [0.29, 0.717) is 17.3 Å². The minimum Gasteiger partial charge on any atom is -0.351 e. The van der Waals surface area contributed by atoms with Crippen LogP contribution in [0.3, 0.4) is 0 Å². The Labute approximate surface area is 130 Å². The first-order valence-electron chi connectivity index (χ1n) is 7.11. The summed E-state index contributed by atoms with van der Waals surface area (Å²) < 4.78 is 37.6. The number of rotatable bonds is 3. The molecule has 0 amide bonds. The van der Waals surface area contributed by atoms with Crippen molar-refractivity contribution in [3.05, 3.63) is 36.4 Å². The van der Waals surface area contributed by atoms with Gasteiger partial charge >= 0.3 is 6.18 Å². The van der Waals surface area contributed by atoms with E-state index in [1.54, 1.807) is 6.20 Å². The Kier molecular flexibility index (Phi) is 4.28. The van der Waals surface area contributed by atoms with Crippen molar-refractivity contribution >= 4 is 17.3 Å². The van der Waals surface area contributed by atoms with E-state index in [4.69, 9.17) is 0 Å². The predicted molar refractivity (Wildman–Crippen MR) is 79.6 cm³/mol. The molecular weight excluding hydrogens is 309 g/mol. The molecule has 0 spiro atoms. The van der Waals surface area contributed by atoms with E-state index < -0.39 is 11.9 Å². The van der Waals surface area contributed by atoms with Gasteiger partial charge < -0.3 is 15.5 Å². The number of nitrogens with zero attached hydrogens (tertiary/aromatic N) is 4. The summed E-state index contributed by atoms with van der Waals surface area (Å²) in [5.41, 5.74) is -0.501. The van der Waals surface area contributed by atoms with Gasteiger partial charge in [0.05, 0.1) is 11.9 Å². The van der Waals surface area contributed by atoms with Gasteiger partial charge in [-0.3, -0.25) is 0 Å². The highest BCUT2D eigenvalue weighted by Crippen LogP contribution is 2.29. The number of alkyl halides is 3. The first-order chi connectivity index (χ1) is 11.0. The van der Waals surface area contributed by atoms with Gasteiger partial charge in [-0.15, -0.1) is 0 Å².